The Kier molecular flexibility index (Phi) is 5.17. The van der Waals surface area contributed by atoms with Crippen LogP contribution < -0.4 is 5.32 Å². The van der Waals surface area contributed by atoms with Gasteiger partial charge in [-0.2, -0.15) is 0 Å². The molecule has 2 aliphatic rings. The number of benzene rings is 1. The second kappa shape index (κ2) is 7.86. The van der Waals surface area contributed by atoms with Gasteiger partial charge in [-0.15, -0.1) is 11.3 Å². The van der Waals surface area contributed by atoms with Crippen LogP contribution in [-0.4, -0.2) is 15.5 Å². The Hall–Kier alpha value is -2.53. The maximum Gasteiger partial charge on any atom is 0.322 e. The molecule has 3 aromatic rings. The predicted molar refractivity (Wildman–Crippen MR) is 128 cm³/mol. The van der Waals surface area contributed by atoms with Gasteiger partial charge in [0.25, 0.3) is 0 Å². The number of hydrogen-bond donors (Lipinski definition) is 1. The van der Waals surface area contributed by atoms with E-state index in [4.69, 9.17) is 0 Å². The summed E-state index contributed by atoms with van der Waals surface area (Å²) in [6, 6.07) is 10.5. The van der Waals surface area contributed by atoms with E-state index in [2.05, 4.69) is 72.9 Å². The highest BCUT2D eigenvalue weighted by Gasteiger charge is 2.36. The van der Waals surface area contributed by atoms with E-state index in [0.717, 1.165) is 17.7 Å². The van der Waals surface area contributed by atoms with Gasteiger partial charge in [0.05, 0.1) is 12.6 Å². The van der Waals surface area contributed by atoms with Gasteiger partial charge in [0.2, 0.25) is 0 Å². The minimum Gasteiger partial charge on any atom is -0.311 e. The van der Waals surface area contributed by atoms with Crippen molar-refractivity contribution >= 4 is 23.1 Å². The molecule has 1 N–H and O–H groups in total. The molecule has 31 heavy (non-hydrogen) atoms. The number of hydrogen-bond acceptors (Lipinski definition) is 2. The molecule has 2 amide bonds. The number of thiophene rings is 1. The molecule has 1 unspecified atom stereocenters. The zero-order chi connectivity index (χ0) is 21.7. The van der Waals surface area contributed by atoms with Crippen LogP contribution in [0.4, 0.5) is 10.5 Å². The van der Waals surface area contributed by atoms with Crippen LogP contribution in [0.5, 0.6) is 0 Å². The molecule has 5 rings (SSSR count). The van der Waals surface area contributed by atoms with Crippen LogP contribution in [0.2, 0.25) is 0 Å². The molecule has 0 saturated carbocycles. The summed E-state index contributed by atoms with van der Waals surface area (Å²) >= 11 is 1.94. The van der Waals surface area contributed by atoms with Crippen LogP contribution in [0.15, 0.2) is 36.5 Å². The number of carbonyl (C=O) groups excluding carboxylic acids is 1. The van der Waals surface area contributed by atoms with E-state index in [-0.39, 0.29) is 12.1 Å². The highest BCUT2D eigenvalue weighted by Crippen LogP contribution is 2.44. The average Bonchev–Trinajstić information content (AvgIpc) is 3.31. The zero-order valence-corrected chi connectivity index (χ0v) is 19.7. The van der Waals surface area contributed by atoms with Crippen LogP contribution >= 0.6 is 11.3 Å². The number of carbonyl (C=O) groups is 1. The molecule has 0 saturated heterocycles. The summed E-state index contributed by atoms with van der Waals surface area (Å²) < 4.78 is 2.35. The molecule has 4 nitrogen and oxygen atoms in total. The highest BCUT2D eigenvalue weighted by molar-refractivity contribution is 7.15. The van der Waals surface area contributed by atoms with E-state index < -0.39 is 0 Å². The molecule has 0 bridgehead atoms. The van der Waals surface area contributed by atoms with Gasteiger partial charge in [0.1, 0.15) is 5.00 Å². The second-order valence-electron chi connectivity index (χ2n) is 9.36. The lowest BCUT2D eigenvalue weighted by Gasteiger charge is -2.33. The maximum atomic E-state index is 13.7. The van der Waals surface area contributed by atoms with Crippen molar-refractivity contribution in [3.05, 3.63) is 69.4 Å². The van der Waals surface area contributed by atoms with Crippen LogP contribution in [0.3, 0.4) is 0 Å². The Bertz CT molecular complexity index is 1140. The fourth-order valence-corrected chi connectivity index (χ4v) is 6.67. The normalized spacial score (nSPS) is 17.7. The minimum atomic E-state index is -0.0120. The van der Waals surface area contributed by atoms with E-state index in [9.17, 15) is 4.79 Å². The number of anilines is 1. The van der Waals surface area contributed by atoms with Gasteiger partial charge in [-0.1, -0.05) is 31.5 Å². The third-order valence-corrected chi connectivity index (χ3v) is 8.08. The summed E-state index contributed by atoms with van der Waals surface area (Å²) in [4.78, 5) is 17.3. The summed E-state index contributed by atoms with van der Waals surface area (Å²) in [5, 5.41) is 4.55. The fraction of sp³-hybridized carbons (Fsp3) is 0.423. The zero-order valence-electron chi connectivity index (χ0n) is 18.9. The molecule has 1 atom stereocenters. The lowest BCUT2D eigenvalue weighted by molar-refractivity contribution is 0.161. The molecule has 0 fully saturated rings. The van der Waals surface area contributed by atoms with Crippen molar-refractivity contribution in [3.63, 3.8) is 0 Å². The first-order chi connectivity index (χ1) is 14.9. The van der Waals surface area contributed by atoms with Crippen molar-refractivity contribution in [1.29, 1.82) is 0 Å². The first kappa shape index (κ1) is 20.4. The van der Waals surface area contributed by atoms with Gasteiger partial charge < -0.3 is 14.8 Å². The Morgan fingerprint density at radius 2 is 1.94 bits per heavy atom. The molecule has 162 valence electrons. The molecule has 2 aromatic heterocycles. The molecular weight excluding hydrogens is 402 g/mol. The third kappa shape index (κ3) is 3.49. The second-order valence-corrected chi connectivity index (χ2v) is 10.4. The fourth-order valence-electron chi connectivity index (χ4n) is 5.26. The van der Waals surface area contributed by atoms with E-state index in [1.54, 1.807) is 0 Å². The molecule has 3 heterocycles. The Balaban J connectivity index is 1.59. The van der Waals surface area contributed by atoms with Crippen LogP contribution in [0.1, 0.15) is 65.6 Å². The maximum absolute atomic E-state index is 13.7. The minimum absolute atomic E-state index is 0.0120. The first-order valence-corrected chi connectivity index (χ1v) is 12.2. The highest BCUT2D eigenvalue weighted by atomic mass is 32.1. The molecule has 1 aliphatic carbocycles. The number of rotatable bonds is 2. The van der Waals surface area contributed by atoms with Crippen molar-refractivity contribution in [3.8, 4) is 5.00 Å². The van der Waals surface area contributed by atoms with Gasteiger partial charge >= 0.3 is 6.03 Å². The van der Waals surface area contributed by atoms with E-state index in [1.807, 2.05) is 17.4 Å². The van der Waals surface area contributed by atoms with Crippen molar-refractivity contribution in [2.75, 3.05) is 5.32 Å². The predicted octanol–water partition coefficient (Wildman–Crippen LogP) is 6.78. The van der Waals surface area contributed by atoms with Crippen molar-refractivity contribution in [2.45, 2.75) is 66.0 Å². The largest absolute Gasteiger partial charge is 0.322 e. The topological polar surface area (TPSA) is 37.3 Å². The number of nitrogens with one attached hydrogen (secondary N) is 1. The summed E-state index contributed by atoms with van der Waals surface area (Å²) in [6.07, 6.45) is 7.01. The molecule has 5 heteroatoms. The summed E-state index contributed by atoms with van der Waals surface area (Å²) in [5.41, 5.74) is 7.27. The quantitative estimate of drug-likeness (QED) is 0.475. The standard InChI is InChI=1S/C26H31N3OS/c1-16(2)24-22-9-7-13-28(22)25-20(19-8-5-6-10-23(19)31-25)15-29(24)26(30)27-21-12-11-17(3)14-18(21)4/h7,9,11-14,16,24H,5-6,8,10,15H2,1-4H3,(H,27,30). The van der Waals surface area contributed by atoms with Gasteiger partial charge in [0.15, 0.2) is 0 Å². The lowest BCUT2D eigenvalue weighted by Crippen LogP contribution is -2.39. The smallest absolute Gasteiger partial charge is 0.311 e. The Labute approximate surface area is 188 Å². The molecule has 1 aliphatic heterocycles. The van der Waals surface area contributed by atoms with Gasteiger partial charge in [0, 0.05) is 28.0 Å². The summed E-state index contributed by atoms with van der Waals surface area (Å²) in [6.45, 7) is 9.24. The third-order valence-electron chi connectivity index (χ3n) is 6.74. The van der Waals surface area contributed by atoms with Crippen LogP contribution in [0, 0.1) is 19.8 Å². The average molecular weight is 434 g/mol. The van der Waals surface area contributed by atoms with Crippen molar-refractivity contribution in [1.82, 2.24) is 9.47 Å². The van der Waals surface area contributed by atoms with Gasteiger partial charge in [-0.25, -0.2) is 4.79 Å². The number of urea groups is 1. The number of amides is 2. The number of fused-ring (bicyclic) bond motifs is 5. The summed E-state index contributed by atoms with van der Waals surface area (Å²) in [5.74, 6) is 0.309. The number of aromatic nitrogens is 1. The Morgan fingerprint density at radius 3 is 2.71 bits per heavy atom. The van der Waals surface area contributed by atoms with E-state index >= 15 is 0 Å². The van der Waals surface area contributed by atoms with Gasteiger partial charge in [-0.3, -0.25) is 0 Å². The Morgan fingerprint density at radius 1 is 1.13 bits per heavy atom. The lowest BCUT2D eigenvalue weighted by atomic mass is 9.94. The molecule has 1 aromatic carbocycles. The van der Waals surface area contributed by atoms with E-state index in [0.29, 0.717) is 12.5 Å². The SMILES string of the molecule is Cc1ccc(NC(=O)N2Cc3c(sc4c3CCCC4)-n3cccc3C2C(C)C)c(C)c1. The number of nitrogens with zero attached hydrogens (tertiary/aromatic N) is 2. The molecular formula is C26H31N3OS. The van der Waals surface area contributed by atoms with Crippen LogP contribution in [0.25, 0.3) is 5.00 Å². The van der Waals surface area contributed by atoms with Crippen molar-refractivity contribution < 1.29 is 4.79 Å². The number of aryl methyl sites for hydroxylation is 3. The summed E-state index contributed by atoms with van der Waals surface area (Å²) in [7, 11) is 0. The molecule has 0 spiro atoms. The molecule has 0 radical (unpaired) electrons. The van der Waals surface area contributed by atoms with E-state index in [1.165, 1.54) is 51.5 Å². The van der Waals surface area contributed by atoms with Crippen LogP contribution in [-0.2, 0) is 19.4 Å². The van der Waals surface area contributed by atoms with Crippen molar-refractivity contribution in [2.24, 2.45) is 5.92 Å². The monoisotopic (exact) mass is 433 g/mol. The first-order valence-electron chi connectivity index (χ1n) is 11.4. The van der Waals surface area contributed by atoms with Gasteiger partial charge in [-0.05, 0) is 74.8 Å².